The lowest BCUT2D eigenvalue weighted by Gasteiger charge is -2.56. The number of hydrogen-bond donors (Lipinski definition) is 1. The molecule has 5 rings (SSSR count). The number of pyridine rings is 1. The van der Waals surface area contributed by atoms with E-state index in [4.69, 9.17) is 4.52 Å². The molecule has 2 aliphatic heterocycles. The highest BCUT2D eigenvalue weighted by atomic mass is 16.5. The maximum absolute atomic E-state index is 12.5. The maximum atomic E-state index is 12.5. The number of anilines is 1. The van der Waals surface area contributed by atoms with Gasteiger partial charge >= 0.3 is 0 Å². The first-order valence-corrected chi connectivity index (χ1v) is 12.2. The Bertz CT molecular complexity index is 1150. The molecule has 1 N–H and O–H groups in total. The second-order valence-electron chi connectivity index (χ2n) is 10.8. The van der Waals surface area contributed by atoms with Crippen molar-refractivity contribution in [3.8, 4) is 0 Å². The van der Waals surface area contributed by atoms with Crippen LogP contribution in [0.2, 0.25) is 0 Å². The van der Waals surface area contributed by atoms with E-state index in [0.717, 1.165) is 49.4 Å². The first-order valence-electron chi connectivity index (χ1n) is 12.2. The van der Waals surface area contributed by atoms with Gasteiger partial charge < -0.3 is 19.4 Å². The molecule has 1 aromatic carbocycles. The Labute approximate surface area is 201 Å². The Morgan fingerprint density at radius 3 is 2.50 bits per heavy atom. The van der Waals surface area contributed by atoms with E-state index in [2.05, 4.69) is 83.1 Å². The molecular formula is C27H35N5O2. The zero-order chi connectivity index (χ0) is 24.1. The van der Waals surface area contributed by atoms with Gasteiger partial charge in [-0.15, -0.1) is 0 Å². The third-order valence-electron chi connectivity index (χ3n) is 7.69. The molecule has 0 radical (unpaired) electrons. The summed E-state index contributed by atoms with van der Waals surface area (Å²) in [7, 11) is 2.10. The van der Waals surface area contributed by atoms with E-state index in [1.165, 1.54) is 5.56 Å². The maximum Gasteiger partial charge on any atom is 0.231 e. The van der Waals surface area contributed by atoms with E-state index >= 15 is 0 Å². The standard InChI is InChI=1S/C27H35N5O2/c1-18(2)20-6-8-22(9-7-20)27(33,26(4)16-31(5)17-26)23-12-24(14-28-13-23)32-11-10-21(15-32)25-29-19(3)30-34-25/h6-9,12-14,18,21,33H,10-11,15-17H2,1-5H3/t21?,27-/m0/s1. The van der Waals surface area contributed by atoms with Crippen LogP contribution in [0.3, 0.4) is 0 Å². The van der Waals surface area contributed by atoms with Crippen LogP contribution < -0.4 is 4.90 Å². The van der Waals surface area contributed by atoms with Gasteiger partial charge in [-0.2, -0.15) is 4.98 Å². The second kappa shape index (κ2) is 8.47. The molecule has 7 heteroatoms. The molecule has 7 nitrogen and oxygen atoms in total. The highest BCUT2D eigenvalue weighted by molar-refractivity contribution is 5.52. The first kappa shape index (κ1) is 23.0. The fourth-order valence-corrected chi connectivity index (χ4v) is 5.82. The van der Waals surface area contributed by atoms with Gasteiger partial charge in [0.05, 0.1) is 17.8 Å². The molecule has 2 atom stereocenters. The van der Waals surface area contributed by atoms with Crippen molar-refractivity contribution in [2.45, 2.75) is 51.6 Å². The van der Waals surface area contributed by atoms with Crippen LogP contribution in [0.25, 0.3) is 0 Å². The summed E-state index contributed by atoms with van der Waals surface area (Å²) in [5, 5.41) is 16.4. The molecule has 2 fully saturated rings. The van der Waals surface area contributed by atoms with Crippen LogP contribution in [-0.4, -0.2) is 58.4 Å². The predicted molar refractivity (Wildman–Crippen MR) is 132 cm³/mol. The third-order valence-corrected chi connectivity index (χ3v) is 7.69. The van der Waals surface area contributed by atoms with Gasteiger partial charge in [-0.05, 0) is 43.5 Å². The van der Waals surface area contributed by atoms with Crippen LogP contribution in [-0.2, 0) is 5.60 Å². The van der Waals surface area contributed by atoms with Crippen molar-refractivity contribution in [3.05, 3.63) is 71.1 Å². The van der Waals surface area contributed by atoms with E-state index in [0.29, 0.717) is 17.6 Å². The van der Waals surface area contributed by atoms with Crippen molar-refractivity contribution in [2.24, 2.45) is 5.41 Å². The summed E-state index contributed by atoms with van der Waals surface area (Å²) in [6.45, 7) is 11.7. The van der Waals surface area contributed by atoms with Crippen molar-refractivity contribution < 1.29 is 9.63 Å². The molecule has 0 amide bonds. The summed E-state index contributed by atoms with van der Waals surface area (Å²) in [6, 6.07) is 10.6. The lowest BCUT2D eigenvalue weighted by Crippen LogP contribution is -2.63. The molecule has 2 aliphatic rings. The Morgan fingerprint density at radius 1 is 1.15 bits per heavy atom. The van der Waals surface area contributed by atoms with Crippen molar-refractivity contribution in [1.29, 1.82) is 0 Å². The van der Waals surface area contributed by atoms with E-state index < -0.39 is 5.60 Å². The summed E-state index contributed by atoms with van der Waals surface area (Å²) in [6.07, 6.45) is 4.68. The Morgan fingerprint density at radius 2 is 1.88 bits per heavy atom. The van der Waals surface area contributed by atoms with Crippen LogP contribution in [0.4, 0.5) is 5.69 Å². The highest BCUT2D eigenvalue weighted by Crippen LogP contribution is 2.50. The second-order valence-corrected chi connectivity index (χ2v) is 10.8. The summed E-state index contributed by atoms with van der Waals surface area (Å²) < 4.78 is 5.42. The van der Waals surface area contributed by atoms with E-state index in [1.54, 1.807) is 0 Å². The number of aryl methyl sites for hydroxylation is 1. The molecule has 0 saturated carbocycles. The van der Waals surface area contributed by atoms with Crippen molar-refractivity contribution in [3.63, 3.8) is 0 Å². The topological polar surface area (TPSA) is 78.5 Å². The van der Waals surface area contributed by atoms with Crippen LogP contribution in [0.15, 0.2) is 47.2 Å². The van der Waals surface area contributed by atoms with E-state index in [-0.39, 0.29) is 11.3 Å². The number of aliphatic hydroxyl groups is 1. The third kappa shape index (κ3) is 3.81. The van der Waals surface area contributed by atoms with Crippen LogP contribution in [0.5, 0.6) is 0 Å². The first-order chi connectivity index (χ1) is 16.2. The fraction of sp³-hybridized carbons (Fsp3) is 0.519. The summed E-state index contributed by atoms with van der Waals surface area (Å²) in [5.74, 6) is 2.04. The van der Waals surface area contributed by atoms with E-state index in [9.17, 15) is 5.11 Å². The number of aromatic nitrogens is 3. The quantitative estimate of drug-likeness (QED) is 0.593. The summed E-state index contributed by atoms with van der Waals surface area (Å²) >= 11 is 0. The van der Waals surface area contributed by atoms with Gasteiger partial charge in [0.2, 0.25) is 5.89 Å². The lowest BCUT2D eigenvalue weighted by atomic mass is 9.62. The average Bonchev–Trinajstić information content (AvgIpc) is 3.47. The minimum absolute atomic E-state index is 0.213. The smallest absolute Gasteiger partial charge is 0.231 e. The molecule has 34 heavy (non-hydrogen) atoms. The van der Waals surface area contributed by atoms with Gasteiger partial charge in [0.15, 0.2) is 5.82 Å². The van der Waals surface area contributed by atoms with Crippen molar-refractivity contribution in [1.82, 2.24) is 20.0 Å². The monoisotopic (exact) mass is 461 g/mol. The molecule has 1 unspecified atom stereocenters. The molecule has 4 heterocycles. The van der Waals surface area contributed by atoms with Crippen molar-refractivity contribution in [2.75, 3.05) is 38.1 Å². The molecule has 0 spiro atoms. The SMILES string of the molecule is Cc1noc(C2CCN(c3cncc([C@@](O)(c4ccc(C(C)C)cc4)C4(C)CN(C)C4)c3)C2)n1. The number of nitrogens with zero attached hydrogens (tertiary/aromatic N) is 5. The Hall–Kier alpha value is -2.77. The van der Waals surface area contributed by atoms with Gasteiger partial charge in [-0.25, -0.2) is 0 Å². The number of hydrogen-bond acceptors (Lipinski definition) is 7. The Balaban J connectivity index is 1.48. The van der Waals surface area contributed by atoms with Gasteiger partial charge in [0, 0.05) is 43.4 Å². The van der Waals surface area contributed by atoms with Gasteiger partial charge in [-0.1, -0.05) is 50.2 Å². The molecule has 2 aromatic heterocycles. The molecule has 2 saturated heterocycles. The predicted octanol–water partition coefficient (Wildman–Crippen LogP) is 4.08. The molecule has 3 aromatic rings. The summed E-state index contributed by atoms with van der Waals surface area (Å²) in [4.78, 5) is 13.6. The highest BCUT2D eigenvalue weighted by Gasteiger charge is 2.55. The fourth-order valence-electron chi connectivity index (χ4n) is 5.82. The van der Waals surface area contributed by atoms with Crippen molar-refractivity contribution >= 4 is 5.69 Å². The van der Waals surface area contributed by atoms with Gasteiger partial charge in [0.1, 0.15) is 5.60 Å². The number of likely N-dealkylation sites (tertiary alicyclic amines) is 1. The molecule has 0 bridgehead atoms. The van der Waals surface area contributed by atoms with Crippen LogP contribution in [0, 0.1) is 12.3 Å². The number of benzene rings is 1. The molecular weight excluding hydrogens is 426 g/mol. The zero-order valence-corrected chi connectivity index (χ0v) is 20.8. The van der Waals surface area contributed by atoms with Gasteiger partial charge in [-0.3, -0.25) is 4.98 Å². The minimum atomic E-state index is -1.14. The zero-order valence-electron chi connectivity index (χ0n) is 20.8. The Kier molecular flexibility index (Phi) is 5.73. The lowest BCUT2D eigenvalue weighted by molar-refractivity contribution is -0.127. The van der Waals surface area contributed by atoms with E-state index in [1.807, 2.05) is 19.3 Å². The normalized spacial score (nSPS) is 22.1. The van der Waals surface area contributed by atoms with Gasteiger partial charge in [0.25, 0.3) is 0 Å². The molecule has 0 aliphatic carbocycles. The summed E-state index contributed by atoms with van der Waals surface area (Å²) in [5.41, 5.74) is 2.61. The average molecular weight is 462 g/mol. The van der Waals surface area contributed by atoms with Crippen LogP contribution >= 0.6 is 0 Å². The minimum Gasteiger partial charge on any atom is -0.380 e. The molecule has 180 valence electrons. The number of rotatable bonds is 6. The largest absolute Gasteiger partial charge is 0.380 e. The van der Waals surface area contributed by atoms with Crippen LogP contribution in [0.1, 0.15) is 67.4 Å².